The Morgan fingerprint density at radius 2 is 2.07 bits per heavy atom. The second kappa shape index (κ2) is 7.30. The number of rotatable bonds is 4. The first-order valence-corrected chi connectivity index (χ1v) is 9.93. The van der Waals surface area contributed by atoms with E-state index in [0.717, 1.165) is 11.3 Å². The number of aliphatic hydroxyl groups is 1. The summed E-state index contributed by atoms with van der Waals surface area (Å²) in [6.07, 6.45) is -1.02. The van der Waals surface area contributed by atoms with Crippen LogP contribution >= 0.6 is 15.9 Å². The Balaban J connectivity index is 1.74. The average molecular weight is 435 g/mol. The number of nitrogens with zero attached hydrogens (tertiary/aromatic N) is 2. The zero-order chi connectivity index (χ0) is 19.1. The number of morpholine rings is 1. The van der Waals surface area contributed by atoms with Gasteiger partial charge in [0, 0.05) is 12.6 Å². The Labute approximate surface area is 167 Å². The summed E-state index contributed by atoms with van der Waals surface area (Å²) in [6.45, 7) is 5.76. The normalized spacial score (nSPS) is 25.3. The van der Waals surface area contributed by atoms with Gasteiger partial charge in [-0.25, -0.2) is 0 Å². The monoisotopic (exact) mass is 434 g/mol. The van der Waals surface area contributed by atoms with Crippen molar-refractivity contribution in [3.8, 4) is 0 Å². The number of ether oxygens (including phenoxy) is 2. The molecule has 0 spiro atoms. The van der Waals surface area contributed by atoms with Crippen molar-refractivity contribution >= 4 is 21.8 Å². The van der Waals surface area contributed by atoms with Crippen molar-refractivity contribution in [1.29, 1.82) is 0 Å². The van der Waals surface area contributed by atoms with Crippen molar-refractivity contribution in [2.75, 3.05) is 19.8 Å². The Bertz CT molecular complexity index is 805. The molecule has 0 radical (unpaired) electrons. The largest absolute Gasteiger partial charge is 0.488 e. The van der Waals surface area contributed by atoms with E-state index in [2.05, 4.69) is 15.9 Å². The highest BCUT2D eigenvalue weighted by atomic mass is 79.9. The lowest BCUT2D eigenvalue weighted by Gasteiger charge is -2.50. The van der Waals surface area contributed by atoms with Gasteiger partial charge in [0.05, 0.1) is 29.4 Å². The number of hydrogen-bond donors (Lipinski definition) is 1. The number of benzene rings is 1. The molecule has 0 saturated carbocycles. The van der Waals surface area contributed by atoms with E-state index >= 15 is 0 Å². The fourth-order valence-electron chi connectivity index (χ4n) is 3.80. The third-order valence-corrected chi connectivity index (χ3v) is 6.07. The van der Waals surface area contributed by atoms with Crippen LogP contribution in [0.1, 0.15) is 19.4 Å². The molecule has 144 valence electrons. The molecule has 1 unspecified atom stereocenters. The summed E-state index contributed by atoms with van der Waals surface area (Å²) in [5, 5.41) is 10.9. The molecular formula is C20H23BrN2O4. The molecule has 2 fully saturated rings. The van der Waals surface area contributed by atoms with Crippen LogP contribution in [0.4, 0.5) is 0 Å². The van der Waals surface area contributed by atoms with Gasteiger partial charge in [-0.05, 0) is 19.4 Å². The standard InChI is InChI=1S/C20H23BrN2O4/c1-12(2)22-8-14-10-26-11-15-16(21)18(24)19(17(20(22)25)23(14)15)27-9-13-6-4-3-5-7-13/h3-7,12,14,18,24H,8-11H2,1-2H3/t14-,18?/m1/s1. The van der Waals surface area contributed by atoms with Gasteiger partial charge >= 0.3 is 0 Å². The molecule has 0 bridgehead atoms. The third kappa shape index (κ3) is 3.17. The van der Waals surface area contributed by atoms with Crippen molar-refractivity contribution < 1.29 is 19.4 Å². The highest BCUT2D eigenvalue weighted by Crippen LogP contribution is 2.41. The number of aliphatic hydroxyl groups excluding tert-OH is 1. The summed E-state index contributed by atoms with van der Waals surface area (Å²) in [4.78, 5) is 17.1. The smallest absolute Gasteiger partial charge is 0.274 e. The summed E-state index contributed by atoms with van der Waals surface area (Å²) < 4.78 is 12.4. The van der Waals surface area contributed by atoms with E-state index in [-0.39, 0.29) is 24.6 Å². The van der Waals surface area contributed by atoms with Crippen molar-refractivity contribution in [1.82, 2.24) is 9.80 Å². The number of piperazine rings is 1. The van der Waals surface area contributed by atoms with Crippen molar-refractivity contribution in [2.24, 2.45) is 0 Å². The number of halogens is 1. The van der Waals surface area contributed by atoms with Gasteiger partial charge in [0.15, 0.2) is 5.76 Å². The first-order chi connectivity index (χ1) is 13.0. The van der Waals surface area contributed by atoms with Gasteiger partial charge in [0.2, 0.25) is 0 Å². The summed E-state index contributed by atoms with van der Waals surface area (Å²) in [7, 11) is 0. The maximum Gasteiger partial charge on any atom is 0.274 e. The summed E-state index contributed by atoms with van der Waals surface area (Å²) in [6, 6.07) is 9.79. The number of carbonyl (C=O) groups is 1. The molecule has 1 amide bonds. The molecule has 0 aliphatic carbocycles. The average Bonchev–Trinajstić information content (AvgIpc) is 2.67. The molecule has 7 heteroatoms. The molecule has 3 aliphatic rings. The van der Waals surface area contributed by atoms with Crippen LogP contribution in [-0.2, 0) is 20.9 Å². The Morgan fingerprint density at radius 3 is 2.78 bits per heavy atom. The van der Waals surface area contributed by atoms with Gasteiger partial charge in [-0.2, -0.15) is 0 Å². The van der Waals surface area contributed by atoms with Crippen LogP contribution < -0.4 is 0 Å². The second-order valence-corrected chi connectivity index (χ2v) is 8.13. The first-order valence-electron chi connectivity index (χ1n) is 9.14. The van der Waals surface area contributed by atoms with Gasteiger partial charge in [-0.15, -0.1) is 0 Å². The molecular weight excluding hydrogens is 412 g/mol. The van der Waals surface area contributed by atoms with Crippen molar-refractivity contribution in [3.63, 3.8) is 0 Å². The van der Waals surface area contributed by atoms with Crippen molar-refractivity contribution in [2.45, 2.75) is 38.6 Å². The van der Waals surface area contributed by atoms with Gasteiger partial charge in [-0.1, -0.05) is 46.3 Å². The fourth-order valence-corrected chi connectivity index (χ4v) is 4.31. The molecule has 1 aromatic rings. The number of amides is 1. The Morgan fingerprint density at radius 1 is 1.33 bits per heavy atom. The van der Waals surface area contributed by atoms with Gasteiger partial charge in [0.1, 0.15) is 18.4 Å². The molecule has 2 saturated heterocycles. The minimum Gasteiger partial charge on any atom is -0.488 e. The summed E-state index contributed by atoms with van der Waals surface area (Å²) in [5.74, 6) is 0.194. The lowest BCUT2D eigenvalue weighted by atomic mass is 9.98. The van der Waals surface area contributed by atoms with E-state index in [4.69, 9.17) is 9.47 Å². The SMILES string of the molecule is CC(C)N1C[C@@H]2COCC3=C(Br)C(O)C(OCc4ccccc4)=C(C1=O)N32. The van der Waals surface area contributed by atoms with Crippen LogP contribution in [0.5, 0.6) is 0 Å². The van der Waals surface area contributed by atoms with Gasteiger partial charge < -0.3 is 24.4 Å². The molecule has 0 aromatic heterocycles. The molecule has 3 aliphatic heterocycles. The summed E-state index contributed by atoms with van der Waals surface area (Å²) >= 11 is 3.50. The quantitative estimate of drug-likeness (QED) is 0.787. The lowest BCUT2D eigenvalue weighted by molar-refractivity contribution is -0.138. The second-order valence-electron chi connectivity index (χ2n) is 7.27. The van der Waals surface area contributed by atoms with Crippen LogP contribution in [0.2, 0.25) is 0 Å². The topological polar surface area (TPSA) is 62.2 Å². The highest BCUT2D eigenvalue weighted by Gasteiger charge is 2.48. The predicted octanol–water partition coefficient (Wildman–Crippen LogP) is 2.35. The van der Waals surface area contributed by atoms with Crippen LogP contribution in [0.25, 0.3) is 0 Å². The molecule has 3 heterocycles. The predicted molar refractivity (Wildman–Crippen MR) is 104 cm³/mol. The maximum absolute atomic E-state index is 13.3. The van der Waals surface area contributed by atoms with Gasteiger partial charge in [0.25, 0.3) is 5.91 Å². The van der Waals surface area contributed by atoms with Crippen LogP contribution in [0, 0.1) is 0 Å². The molecule has 1 aromatic carbocycles. The molecule has 27 heavy (non-hydrogen) atoms. The van der Waals surface area contributed by atoms with Crippen LogP contribution in [0.15, 0.2) is 52.0 Å². The molecule has 6 nitrogen and oxygen atoms in total. The molecule has 2 atom stereocenters. The molecule has 1 N–H and O–H groups in total. The first kappa shape index (κ1) is 18.5. The van der Waals surface area contributed by atoms with E-state index < -0.39 is 6.10 Å². The minimum atomic E-state index is -1.02. The van der Waals surface area contributed by atoms with E-state index in [1.165, 1.54) is 0 Å². The zero-order valence-electron chi connectivity index (χ0n) is 15.4. The van der Waals surface area contributed by atoms with Crippen LogP contribution in [-0.4, -0.2) is 58.8 Å². The van der Waals surface area contributed by atoms with Gasteiger partial charge in [-0.3, -0.25) is 4.79 Å². The van der Waals surface area contributed by atoms with Crippen LogP contribution in [0.3, 0.4) is 0 Å². The third-order valence-electron chi connectivity index (χ3n) is 5.17. The zero-order valence-corrected chi connectivity index (χ0v) is 17.0. The number of hydrogen-bond acceptors (Lipinski definition) is 5. The maximum atomic E-state index is 13.3. The highest BCUT2D eigenvalue weighted by molar-refractivity contribution is 9.11. The van der Waals surface area contributed by atoms with E-state index in [1.807, 2.05) is 54.0 Å². The number of carbonyl (C=O) groups excluding carboxylic acids is 1. The molecule has 4 rings (SSSR count). The van der Waals surface area contributed by atoms with E-state index in [1.54, 1.807) is 0 Å². The Kier molecular flexibility index (Phi) is 5.01. The van der Waals surface area contributed by atoms with Crippen molar-refractivity contribution in [3.05, 3.63) is 57.5 Å². The fraction of sp³-hybridized carbons (Fsp3) is 0.450. The minimum absolute atomic E-state index is 0.0132. The lowest BCUT2D eigenvalue weighted by Crippen LogP contribution is -2.61. The van der Waals surface area contributed by atoms with E-state index in [0.29, 0.717) is 35.7 Å². The Hall–Kier alpha value is -1.83. The van der Waals surface area contributed by atoms with E-state index in [9.17, 15) is 9.90 Å². The summed E-state index contributed by atoms with van der Waals surface area (Å²) in [5.41, 5.74) is 2.22.